The number of nitrogens with one attached hydrogen (secondary N) is 1. The molecule has 5 nitrogen and oxygen atoms in total. The van der Waals surface area contributed by atoms with Crippen molar-refractivity contribution in [2.24, 2.45) is 0 Å². The molecule has 6 heteroatoms. The van der Waals surface area contributed by atoms with Crippen molar-refractivity contribution in [1.29, 1.82) is 0 Å². The summed E-state index contributed by atoms with van der Waals surface area (Å²) in [6.07, 6.45) is 1.92. The molecule has 0 saturated carbocycles. The number of likely N-dealkylation sites (N-methyl/N-ethyl adjacent to an activating group) is 1. The van der Waals surface area contributed by atoms with Gasteiger partial charge in [0.1, 0.15) is 0 Å². The maximum absolute atomic E-state index is 12.1. The molecular weight excluding hydrogens is 214 g/mol. The van der Waals surface area contributed by atoms with Crippen LogP contribution in [0.1, 0.15) is 19.8 Å². The van der Waals surface area contributed by atoms with Crippen molar-refractivity contribution < 1.29 is 8.42 Å². The third kappa shape index (κ3) is 2.69. The predicted octanol–water partition coefficient (Wildman–Crippen LogP) is -0.133. The molecule has 0 aromatic heterocycles. The highest BCUT2D eigenvalue weighted by Crippen LogP contribution is 2.21. The second-order valence-corrected chi connectivity index (χ2v) is 5.87. The Bertz CT molecular complexity index is 292. The first-order chi connectivity index (χ1) is 7.04. The largest absolute Gasteiger partial charge is 0.318 e. The van der Waals surface area contributed by atoms with Crippen molar-refractivity contribution in [2.45, 2.75) is 25.8 Å². The molecule has 1 N–H and O–H groups in total. The Labute approximate surface area is 92.6 Å². The normalized spacial score (nSPS) is 23.9. The van der Waals surface area contributed by atoms with E-state index in [0.29, 0.717) is 13.1 Å². The van der Waals surface area contributed by atoms with Gasteiger partial charge >= 0.3 is 0 Å². The summed E-state index contributed by atoms with van der Waals surface area (Å²) < 4.78 is 27.2. The topological polar surface area (TPSA) is 52.7 Å². The summed E-state index contributed by atoms with van der Waals surface area (Å²) in [5, 5.41) is 3.04. The Morgan fingerprint density at radius 2 is 2.20 bits per heavy atom. The van der Waals surface area contributed by atoms with Crippen molar-refractivity contribution in [2.75, 3.05) is 33.7 Å². The minimum absolute atomic E-state index is 0.119. The zero-order valence-corrected chi connectivity index (χ0v) is 10.5. The van der Waals surface area contributed by atoms with Gasteiger partial charge in [0.2, 0.25) is 0 Å². The molecule has 90 valence electrons. The average Bonchev–Trinajstić information content (AvgIpc) is 2.66. The SMILES string of the molecule is CCN(C)S(=O)(=O)N1CCCC1CNC. The van der Waals surface area contributed by atoms with E-state index in [1.807, 2.05) is 14.0 Å². The monoisotopic (exact) mass is 235 g/mol. The highest BCUT2D eigenvalue weighted by atomic mass is 32.2. The lowest BCUT2D eigenvalue weighted by Gasteiger charge is -2.28. The summed E-state index contributed by atoms with van der Waals surface area (Å²) in [5.41, 5.74) is 0. The molecule has 1 aliphatic rings. The number of hydrogen-bond donors (Lipinski definition) is 1. The molecular formula is C9H21N3O2S. The Morgan fingerprint density at radius 1 is 1.53 bits per heavy atom. The molecule has 1 saturated heterocycles. The van der Waals surface area contributed by atoms with Gasteiger partial charge in [-0.05, 0) is 19.9 Å². The molecule has 0 aromatic carbocycles. The van der Waals surface area contributed by atoms with Crippen LogP contribution in [0.5, 0.6) is 0 Å². The highest BCUT2D eigenvalue weighted by molar-refractivity contribution is 7.86. The lowest BCUT2D eigenvalue weighted by atomic mass is 10.2. The van der Waals surface area contributed by atoms with E-state index in [9.17, 15) is 8.42 Å². The fourth-order valence-electron chi connectivity index (χ4n) is 1.89. The van der Waals surface area contributed by atoms with Gasteiger partial charge in [-0.15, -0.1) is 0 Å². The van der Waals surface area contributed by atoms with Crippen LogP contribution >= 0.6 is 0 Å². The van der Waals surface area contributed by atoms with Crippen molar-refractivity contribution >= 4 is 10.2 Å². The molecule has 1 rings (SSSR count). The molecule has 0 bridgehead atoms. The molecule has 1 heterocycles. The second-order valence-electron chi connectivity index (χ2n) is 3.89. The molecule has 0 aliphatic carbocycles. The average molecular weight is 235 g/mol. The summed E-state index contributed by atoms with van der Waals surface area (Å²) in [6, 6.07) is 0.119. The Balaban J connectivity index is 2.77. The van der Waals surface area contributed by atoms with Crippen LogP contribution in [0.4, 0.5) is 0 Å². The summed E-state index contributed by atoms with van der Waals surface area (Å²) in [6.45, 7) is 3.75. The number of hydrogen-bond acceptors (Lipinski definition) is 3. The van der Waals surface area contributed by atoms with Gasteiger partial charge < -0.3 is 5.32 Å². The zero-order chi connectivity index (χ0) is 11.5. The van der Waals surface area contributed by atoms with E-state index in [1.54, 1.807) is 11.4 Å². The van der Waals surface area contributed by atoms with Crippen molar-refractivity contribution in [3.63, 3.8) is 0 Å². The van der Waals surface area contributed by atoms with Crippen LogP contribution < -0.4 is 5.32 Å². The molecule has 0 aromatic rings. The van der Waals surface area contributed by atoms with Gasteiger partial charge in [-0.3, -0.25) is 0 Å². The first-order valence-corrected chi connectivity index (χ1v) is 6.81. The van der Waals surface area contributed by atoms with Crippen LogP contribution in [0.3, 0.4) is 0 Å². The Hall–Kier alpha value is -0.170. The fraction of sp³-hybridized carbons (Fsp3) is 1.00. The van der Waals surface area contributed by atoms with E-state index in [4.69, 9.17) is 0 Å². The van der Waals surface area contributed by atoms with Gasteiger partial charge in [-0.25, -0.2) is 0 Å². The fourth-order valence-corrected chi connectivity index (χ4v) is 3.50. The summed E-state index contributed by atoms with van der Waals surface area (Å²) in [4.78, 5) is 0. The molecule has 1 aliphatic heterocycles. The maximum Gasteiger partial charge on any atom is 0.282 e. The lowest BCUT2D eigenvalue weighted by molar-refractivity contribution is 0.342. The third-order valence-electron chi connectivity index (χ3n) is 2.90. The van der Waals surface area contributed by atoms with Gasteiger partial charge in [-0.2, -0.15) is 17.0 Å². The van der Waals surface area contributed by atoms with Gasteiger partial charge in [-0.1, -0.05) is 6.92 Å². The smallest absolute Gasteiger partial charge is 0.282 e. The van der Waals surface area contributed by atoms with E-state index >= 15 is 0 Å². The lowest BCUT2D eigenvalue weighted by Crippen LogP contribution is -2.47. The highest BCUT2D eigenvalue weighted by Gasteiger charge is 2.35. The first-order valence-electron chi connectivity index (χ1n) is 5.41. The van der Waals surface area contributed by atoms with Crippen molar-refractivity contribution in [3.8, 4) is 0 Å². The number of rotatable bonds is 5. The van der Waals surface area contributed by atoms with Crippen molar-refractivity contribution in [1.82, 2.24) is 13.9 Å². The first kappa shape index (κ1) is 12.9. The predicted molar refractivity (Wildman–Crippen MR) is 60.9 cm³/mol. The van der Waals surface area contributed by atoms with E-state index < -0.39 is 10.2 Å². The number of nitrogens with zero attached hydrogens (tertiary/aromatic N) is 2. The second kappa shape index (κ2) is 5.25. The molecule has 1 fully saturated rings. The van der Waals surface area contributed by atoms with Gasteiger partial charge in [0.25, 0.3) is 10.2 Å². The summed E-state index contributed by atoms with van der Waals surface area (Å²) in [5.74, 6) is 0. The van der Waals surface area contributed by atoms with Crippen molar-refractivity contribution in [3.05, 3.63) is 0 Å². The van der Waals surface area contributed by atoms with Crippen LogP contribution in [-0.2, 0) is 10.2 Å². The minimum Gasteiger partial charge on any atom is -0.318 e. The minimum atomic E-state index is -3.23. The standard InChI is InChI=1S/C9H21N3O2S/c1-4-11(3)15(13,14)12-7-5-6-9(12)8-10-2/h9-10H,4-8H2,1-3H3. The molecule has 1 unspecified atom stereocenters. The van der Waals surface area contributed by atoms with E-state index in [-0.39, 0.29) is 6.04 Å². The Morgan fingerprint density at radius 3 is 2.73 bits per heavy atom. The third-order valence-corrected chi connectivity index (χ3v) is 5.02. The molecule has 0 amide bonds. The van der Waals surface area contributed by atoms with Crippen LogP contribution in [0.15, 0.2) is 0 Å². The van der Waals surface area contributed by atoms with E-state index in [1.165, 1.54) is 4.31 Å². The Kier molecular flexibility index (Phi) is 4.51. The summed E-state index contributed by atoms with van der Waals surface area (Å²) in [7, 11) is 0.249. The zero-order valence-electron chi connectivity index (χ0n) is 9.73. The molecule has 15 heavy (non-hydrogen) atoms. The quantitative estimate of drug-likeness (QED) is 0.722. The summed E-state index contributed by atoms with van der Waals surface area (Å²) >= 11 is 0. The van der Waals surface area contributed by atoms with Gasteiger partial charge in [0, 0.05) is 32.7 Å². The van der Waals surface area contributed by atoms with E-state index in [2.05, 4.69) is 5.32 Å². The van der Waals surface area contributed by atoms with Crippen LogP contribution in [0, 0.1) is 0 Å². The van der Waals surface area contributed by atoms with Crippen LogP contribution in [-0.4, -0.2) is 56.8 Å². The maximum atomic E-state index is 12.1. The molecule has 1 atom stereocenters. The molecule has 0 spiro atoms. The van der Waals surface area contributed by atoms with Crippen LogP contribution in [0.25, 0.3) is 0 Å². The van der Waals surface area contributed by atoms with Gasteiger partial charge in [0.05, 0.1) is 0 Å². The van der Waals surface area contributed by atoms with E-state index in [0.717, 1.165) is 19.4 Å². The van der Waals surface area contributed by atoms with Crippen LogP contribution in [0.2, 0.25) is 0 Å². The van der Waals surface area contributed by atoms with Gasteiger partial charge in [0.15, 0.2) is 0 Å². The molecule has 0 radical (unpaired) electrons.